The monoisotopic (exact) mass is 393 g/mol. The zero-order valence-electron chi connectivity index (χ0n) is 14.7. The first kappa shape index (κ1) is 20.2. The fourth-order valence-electron chi connectivity index (χ4n) is 2.16. The van der Waals surface area contributed by atoms with Crippen molar-refractivity contribution in [2.24, 2.45) is 5.14 Å². The smallest absolute Gasteiger partial charge is 0.313 e. The number of hydrogen-bond donors (Lipinski definition) is 3. The zero-order chi connectivity index (χ0) is 20.0. The molecular weight excluding hydrogens is 374 g/mol. The van der Waals surface area contributed by atoms with E-state index in [0.29, 0.717) is 22.7 Å². The van der Waals surface area contributed by atoms with Gasteiger partial charge < -0.3 is 20.1 Å². The molecule has 0 aliphatic rings. The zero-order valence-corrected chi connectivity index (χ0v) is 15.5. The Bertz CT molecular complexity index is 942. The molecule has 27 heavy (non-hydrogen) atoms. The Morgan fingerprint density at radius 1 is 0.963 bits per heavy atom. The van der Waals surface area contributed by atoms with E-state index in [1.807, 2.05) is 0 Å². The van der Waals surface area contributed by atoms with Crippen LogP contribution in [-0.2, 0) is 26.2 Å². The minimum atomic E-state index is -3.78. The Hall–Kier alpha value is -3.11. The Morgan fingerprint density at radius 2 is 1.59 bits per heavy atom. The summed E-state index contributed by atoms with van der Waals surface area (Å²) < 4.78 is 32.6. The van der Waals surface area contributed by atoms with Gasteiger partial charge in [0.2, 0.25) is 10.0 Å². The second-order valence-electron chi connectivity index (χ2n) is 5.40. The van der Waals surface area contributed by atoms with Crippen molar-refractivity contribution < 1.29 is 27.5 Å². The number of primary sulfonamides is 1. The summed E-state index contributed by atoms with van der Waals surface area (Å²) >= 11 is 0. The molecule has 144 valence electrons. The molecule has 9 nitrogen and oxygen atoms in total. The molecular formula is C17H19N3O6S. The van der Waals surface area contributed by atoms with E-state index in [1.54, 1.807) is 12.1 Å². The number of rotatable bonds is 6. The number of amides is 2. The molecule has 0 unspecified atom stereocenters. The van der Waals surface area contributed by atoms with Crippen LogP contribution in [0.15, 0.2) is 47.4 Å². The van der Waals surface area contributed by atoms with Gasteiger partial charge in [-0.2, -0.15) is 0 Å². The minimum absolute atomic E-state index is 0.0382. The topological polar surface area (TPSA) is 137 Å². The van der Waals surface area contributed by atoms with Crippen molar-refractivity contribution in [1.29, 1.82) is 0 Å². The maximum absolute atomic E-state index is 12.0. The fraction of sp³-hybridized carbons (Fsp3) is 0.176. The van der Waals surface area contributed by atoms with E-state index in [0.717, 1.165) is 0 Å². The first-order chi connectivity index (χ1) is 12.7. The molecule has 0 saturated carbocycles. The van der Waals surface area contributed by atoms with Crippen LogP contribution >= 0.6 is 0 Å². The van der Waals surface area contributed by atoms with Crippen LogP contribution in [0.1, 0.15) is 5.56 Å². The number of hydrogen-bond acceptors (Lipinski definition) is 6. The molecule has 0 radical (unpaired) electrons. The van der Waals surface area contributed by atoms with Gasteiger partial charge in [0.15, 0.2) is 11.5 Å². The summed E-state index contributed by atoms with van der Waals surface area (Å²) in [5, 5.41) is 9.91. The lowest BCUT2D eigenvalue weighted by Gasteiger charge is -2.10. The minimum Gasteiger partial charge on any atom is -0.493 e. The number of sulfonamides is 1. The number of carbonyl (C=O) groups excluding carboxylic acids is 2. The number of benzene rings is 2. The highest BCUT2D eigenvalue weighted by Crippen LogP contribution is 2.29. The van der Waals surface area contributed by atoms with Gasteiger partial charge in [0.1, 0.15) is 0 Å². The molecule has 0 aliphatic heterocycles. The van der Waals surface area contributed by atoms with Crippen molar-refractivity contribution in [2.75, 3.05) is 19.5 Å². The predicted molar refractivity (Wildman–Crippen MR) is 97.8 cm³/mol. The average molecular weight is 393 g/mol. The van der Waals surface area contributed by atoms with Gasteiger partial charge in [-0.3, -0.25) is 9.59 Å². The van der Waals surface area contributed by atoms with Crippen LogP contribution in [0.25, 0.3) is 0 Å². The van der Waals surface area contributed by atoms with Crippen LogP contribution in [-0.4, -0.2) is 34.5 Å². The van der Waals surface area contributed by atoms with E-state index in [9.17, 15) is 18.0 Å². The molecule has 0 spiro atoms. The molecule has 0 fully saturated rings. The second-order valence-corrected chi connectivity index (χ2v) is 6.96. The fourth-order valence-corrected chi connectivity index (χ4v) is 2.68. The van der Waals surface area contributed by atoms with Crippen LogP contribution in [0.4, 0.5) is 5.69 Å². The molecule has 0 saturated heterocycles. The Balaban J connectivity index is 1.95. The molecule has 0 bridgehead atoms. The van der Waals surface area contributed by atoms with Gasteiger partial charge in [-0.15, -0.1) is 0 Å². The molecule has 2 rings (SSSR count). The lowest BCUT2D eigenvalue weighted by Crippen LogP contribution is -2.34. The van der Waals surface area contributed by atoms with Crippen LogP contribution in [0.3, 0.4) is 0 Å². The highest BCUT2D eigenvalue weighted by Gasteiger charge is 2.15. The van der Waals surface area contributed by atoms with Crippen molar-refractivity contribution >= 4 is 27.5 Å². The molecule has 0 heterocycles. The number of ether oxygens (including phenoxy) is 2. The van der Waals surface area contributed by atoms with Crippen molar-refractivity contribution in [2.45, 2.75) is 11.4 Å². The number of anilines is 1. The Labute approximate surface area is 156 Å². The van der Waals surface area contributed by atoms with Gasteiger partial charge in [-0.05, 0) is 29.8 Å². The van der Waals surface area contributed by atoms with E-state index in [4.69, 9.17) is 14.6 Å². The summed E-state index contributed by atoms with van der Waals surface area (Å²) in [5.41, 5.74) is 0.972. The third-order valence-electron chi connectivity index (χ3n) is 3.55. The summed E-state index contributed by atoms with van der Waals surface area (Å²) in [6.07, 6.45) is 0. The summed E-state index contributed by atoms with van der Waals surface area (Å²) in [6.45, 7) is 0.0447. The van der Waals surface area contributed by atoms with Crippen LogP contribution < -0.4 is 25.2 Å². The van der Waals surface area contributed by atoms with Gasteiger partial charge in [-0.25, -0.2) is 13.6 Å². The third kappa shape index (κ3) is 5.43. The first-order valence-corrected chi connectivity index (χ1v) is 9.22. The van der Waals surface area contributed by atoms with Crippen LogP contribution in [0.2, 0.25) is 0 Å². The van der Waals surface area contributed by atoms with E-state index < -0.39 is 21.8 Å². The number of methoxy groups -OCH3 is 2. The molecule has 2 amide bonds. The van der Waals surface area contributed by atoms with Gasteiger partial charge in [0, 0.05) is 18.3 Å². The normalized spacial score (nSPS) is 10.8. The molecule has 0 aliphatic carbocycles. The van der Waals surface area contributed by atoms with Crippen LogP contribution in [0.5, 0.6) is 11.5 Å². The molecule has 0 atom stereocenters. The largest absolute Gasteiger partial charge is 0.493 e. The summed E-state index contributed by atoms with van der Waals surface area (Å²) in [4.78, 5) is 23.9. The maximum Gasteiger partial charge on any atom is 0.313 e. The lowest BCUT2D eigenvalue weighted by atomic mass is 10.2. The number of nitrogens with one attached hydrogen (secondary N) is 2. The lowest BCUT2D eigenvalue weighted by molar-refractivity contribution is -0.136. The van der Waals surface area contributed by atoms with Crippen molar-refractivity contribution in [3.05, 3.63) is 48.0 Å². The Kier molecular flexibility index (Phi) is 6.37. The molecule has 4 N–H and O–H groups in total. The summed E-state index contributed by atoms with van der Waals surface area (Å²) in [7, 11) is -0.840. The molecule has 10 heteroatoms. The quantitative estimate of drug-likeness (QED) is 0.615. The molecule has 0 aromatic heterocycles. The van der Waals surface area contributed by atoms with Crippen molar-refractivity contribution in [1.82, 2.24) is 5.32 Å². The van der Waals surface area contributed by atoms with Crippen molar-refractivity contribution in [3.8, 4) is 11.5 Å². The SMILES string of the molecule is COc1ccc(NC(=O)C(=O)NCc2ccc(S(N)(=O)=O)cc2)cc1OC. The molecule has 2 aromatic rings. The standard InChI is InChI=1S/C17H19N3O6S/c1-25-14-8-5-12(9-15(14)26-2)20-17(22)16(21)19-10-11-3-6-13(7-4-11)27(18,23)24/h3-9H,10H2,1-2H3,(H,19,21)(H,20,22)(H2,18,23,24). The van der Waals surface area contributed by atoms with Gasteiger partial charge in [-0.1, -0.05) is 12.1 Å². The van der Waals surface area contributed by atoms with E-state index in [1.165, 1.54) is 44.6 Å². The Morgan fingerprint density at radius 3 is 2.15 bits per heavy atom. The number of nitrogens with two attached hydrogens (primary N) is 1. The van der Waals surface area contributed by atoms with E-state index >= 15 is 0 Å². The second kappa shape index (κ2) is 8.52. The summed E-state index contributed by atoms with van der Waals surface area (Å²) in [6, 6.07) is 10.3. The summed E-state index contributed by atoms with van der Waals surface area (Å²) in [5.74, 6) is -0.808. The first-order valence-electron chi connectivity index (χ1n) is 7.67. The van der Waals surface area contributed by atoms with E-state index in [-0.39, 0.29) is 11.4 Å². The molecule has 2 aromatic carbocycles. The average Bonchev–Trinajstić information content (AvgIpc) is 2.65. The maximum atomic E-state index is 12.0. The van der Waals surface area contributed by atoms with Gasteiger partial charge >= 0.3 is 11.8 Å². The number of carbonyl (C=O) groups is 2. The van der Waals surface area contributed by atoms with E-state index in [2.05, 4.69) is 10.6 Å². The predicted octanol–water partition coefficient (Wildman–Crippen LogP) is 0.606. The third-order valence-corrected chi connectivity index (χ3v) is 4.48. The highest BCUT2D eigenvalue weighted by molar-refractivity contribution is 7.89. The van der Waals surface area contributed by atoms with Gasteiger partial charge in [0.05, 0.1) is 19.1 Å². The van der Waals surface area contributed by atoms with Crippen LogP contribution in [0, 0.1) is 0 Å². The van der Waals surface area contributed by atoms with Gasteiger partial charge in [0.25, 0.3) is 0 Å². The highest BCUT2D eigenvalue weighted by atomic mass is 32.2. The van der Waals surface area contributed by atoms with Crippen molar-refractivity contribution in [3.63, 3.8) is 0 Å².